The summed E-state index contributed by atoms with van der Waals surface area (Å²) < 4.78 is 46.6. The molecule has 0 spiro atoms. The van der Waals surface area contributed by atoms with Crippen molar-refractivity contribution >= 4 is 31.6 Å². The first-order chi connectivity index (χ1) is 8.12. The monoisotopic (exact) mass is 315 g/mol. The summed E-state index contributed by atoms with van der Waals surface area (Å²) in [4.78, 5) is 12.8. The minimum atomic E-state index is -3.95. The highest BCUT2D eigenvalue weighted by Gasteiger charge is 2.16. The lowest BCUT2D eigenvalue weighted by molar-refractivity contribution is 0.581. The molecule has 1 aromatic heterocycles. The van der Waals surface area contributed by atoms with E-state index in [1.165, 1.54) is 0 Å². The molecule has 0 aliphatic rings. The van der Waals surface area contributed by atoms with E-state index >= 15 is 0 Å². The Labute approximate surface area is 108 Å². The number of nitrogens with two attached hydrogens (primary N) is 1. The molecule has 0 saturated heterocycles. The number of sulfonamides is 2. The van der Waals surface area contributed by atoms with Crippen molar-refractivity contribution in [1.82, 2.24) is 9.71 Å². The number of pyridine rings is 1. The number of hydrogen-bond acceptors (Lipinski definition) is 5. The molecule has 4 N–H and O–H groups in total. The van der Waals surface area contributed by atoms with Gasteiger partial charge in [-0.15, -0.1) is 0 Å². The zero-order chi connectivity index (χ0) is 14.0. The van der Waals surface area contributed by atoms with E-state index in [1.54, 1.807) is 0 Å². The van der Waals surface area contributed by atoms with Crippen molar-refractivity contribution in [3.05, 3.63) is 27.6 Å². The maximum absolute atomic E-state index is 11.7. The van der Waals surface area contributed by atoms with Gasteiger partial charge in [0, 0.05) is 12.7 Å². The van der Waals surface area contributed by atoms with Gasteiger partial charge < -0.3 is 4.98 Å². The molecule has 0 aliphatic carbocycles. The molecule has 0 aromatic carbocycles. The van der Waals surface area contributed by atoms with Gasteiger partial charge in [-0.25, -0.2) is 26.7 Å². The SMILES string of the molecule is NS(=O)(=O)CCNS(=O)(=O)c1c[nH]c(=O)c(Cl)c1. The molecule has 1 rings (SSSR count). The molecule has 0 saturated carbocycles. The maximum atomic E-state index is 11.7. The Morgan fingerprint density at radius 2 is 1.94 bits per heavy atom. The van der Waals surface area contributed by atoms with Crippen molar-refractivity contribution in [2.24, 2.45) is 5.14 Å². The fourth-order valence-electron chi connectivity index (χ4n) is 0.995. The standard InChI is InChI=1S/C7H10ClN3O5S2/c8-6-3-5(4-10-7(6)12)18(15,16)11-1-2-17(9,13)14/h3-4,11H,1-2H2,(H,10,12)(H2,9,13,14). The Morgan fingerprint density at radius 3 is 2.44 bits per heavy atom. The summed E-state index contributed by atoms with van der Waals surface area (Å²) in [7, 11) is -7.70. The smallest absolute Gasteiger partial charge is 0.266 e. The summed E-state index contributed by atoms with van der Waals surface area (Å²) in [5.74, 6) is -0.538. The van der Waals surface area contributed by atoms with Gasteiger partial charge in [0.25, 0.3) is 5.56 Å². The summed E-state index contributed by atoms with van der Waals surface area (Å²) >= 11 is 5.47. The normalized spacial score (nSPS) is 12.6. The van der Waals surface area contributed by atoms with Crippen LogP contribution in [0.4, 0.5) is 0 Å². The Balaban J connectivity index is 2.87. The van der Waals surface area contributed by atoms with Gasteiger partial charge in [0.2, 0.25) is 20.0 Å². The van der Waals surface area contributed by atoms with E-state index in [4.69, 9.17) is 16.7 Å². The largest absolute Gasteiger partial charge is 0.326 e. The van der Waals surface area contributed by atoms with E-state index in [-0.39, 0.29) is 16.5 Å². The molecule has 1 heterocycles. The highest BCUT2D eigenvalue weighted by atomic mass is 35.5. The zero-order valence-electron chi connectivity index (χ0n) is 8.88. The summed E-state index contributed by atoms with van der Waals surface area (Å²) in [5, 5.41) is 4.43. The Hall–Kier alpha value is -0.940. The minimum absolute atomic E-state index is 0.276. The molecule has 18 heavy (non-hydrogen) atoms. The Bertz CT molecular complexity index is 694. The van der Waals surface area contributed by atoms with Gasteiger partial charge in [-0.3, -0.25) is 4.79 Å². The molecule has 0 aliphatic heterocycles. The molecule has 0 atom stereocenters. The summed E-state index contributed by atoms with van der Waals surface area (Å²) in [5.41, 5.74) is -0.625. The number of hydrogen-bond donors (Lipinski definition) is 3. The van der Waals surface area contributed by atoms with Crippen LogP contribution in [0.3, 0.4) is 0 Å². The number of aromatic nitrogens is 1. The van der Waals surface area contributed by atoms with Crippen LogP contribution in [0.2, 0.25) is 5.02 Å². The topological polar surface area (TPSA) is 139 Å². The first-order valence-electron chi connectivity index (χ1n) is 4.50. The summed E-state index contributed by atoms with van der Waals surface area (Å²) in [6.07, 6.45) is 0.952. The molecule has 0 fully saturated rings. The van der Waals surface area contributed by atoms with Gasteiger partial charge >= 0.3 is 0 Å². The van der Waals surface area contributed by atoms with Crippen LogP contribution in [-0.2, 0) is 20.0 Å². The van der Waals surface area contributed by atoms with Gasteiger partial charge in [-0.1, -0.05) is 11.6 Å². The zero-order valence-corrected chi connectivity index (χ0v) is 11.3. The third kappa shape index (κ3) is 4.38. The molecule has 0 amide bonds. The van der Waals surface area contributed by atoms with Crippen molar-refractivity contribution in [3.63, 3.8) is 0 Å². The van der Waals surface area contributed by atoms with Gasteiger partial charge in [0.15, 0.2) is 0 Å². The van der Waals surface area contributed by atoms with Crippen molar-refractivity contribution in [1.29, 1.82) is 0 Å². The lowest BCUT2D eigenvalue weighted by atomic mass is 10.5. The number of aromatic amines is 1. The lowest BCUT2D eigenvalue weighted by Gasteiger charge is -2.05. The fourth-order valence-corrected chi connectivity index (χ4v) is 2.77. The third-order valence-electron chi connectivity index (χ3n) is 1.82. The third-order valence-corrected chi connectivity index (χ3v) is 4.31. The van der Waals surface area contributed by atoms with Crippen molar-refractivity contribution < 1.29 is 16.8 Å². The number of primary sulfonamides is 1. The highest BCUT2D eigenvalue weighted by Crippen LogP contribution is 2.09. The molecule has 1 aromatic rings. The van der Waals surface area contributed by atoms with Crippen LogP contribution >= 0.6 is 11.6 Å². The van der Waals surface area contributed by atoms with Gasteiger partial charge in [0.05, 0.1) is 10.6 Å². The Kier molecular flexibility index (Phi) is 4.50. The van der Waals surface area contributed by atoms with Crippen LogP contribution < -0.4 is 15.4 Å². The second-order valence-corrected chi connectivity index (χ2v) is 7.19. The molecule has 0 bridgehead atoms. The number of halogens is 1. The van der Waals surface area contributed by atoms with Gasteiger partial charge in [-0.2, -0.15) is 0 Å². The van der Waals surface area contributed by atoms with Crippen LogP contribution in [0.25, 0.3) is 0 Å². The molecule has 102 valence electrons. The molecule has 0 unspecified atom stereocenters. The quantitative estimate of drug-likeness (QED) is 0.613. The van der Waals surface area contributed by atoms with Crippen LogP contribution in [0.15, 0.2) is 22.0 Å². The molecular formula is C7H10ClN3O5S2. The number of nitrogens with one attached hydrogen (secondary N) is 2. The van der Waals surface area contributed by atoms with Crippen molar-refractivity contribution in [2.75, 3.05) is 12.3 Å². The van der Waals surface area contributed by atoms with E-state index < -0.39 is 31.4 Å². The second-order valence-electron chi connectivity index (χ2n) is 3.28. The van der Waals surface area contributed by atoms with Crippen molar-refractivity contribution in [2.45, 2.75) is 4.90 Å². The fraction of sp³-hybridized carbons (Fsp3) is 0.286. The van der Waals surface area contributed by atoms with E-state index in [9.17, 15) is 21.6 Å². The average Bonchev–Trinajstić information content (AvgIpc) is 2.19. The van der Waals surface area contributed by atoms with E-state index in [0.717, 1.165) is 12.3 Å². The predicted octanol–water partition coefficient (Wildman–Crippen LogP) is -1.40. The van der Waals surface area contributed by atoms with Gasteiger partial charge in [-0.05, 0) is 6.07 Å². The van der Waals surface area contributed by atoms with Crippen LogP contribution in [-0.4, -0.2) is 34.1 Å². The van der Waals surface area contributed by atoms with Gasteiger partial charge in [0.1, 0.15) is 5.02 Å². The number of rotatable bonds is 5. The van der Waals surface area contributed by atoms with Crippen molar-refractivity contribution in [3.8, 4) is 0 Å². The summed E-state index contributed by atoms with van der Waals surface area (Å²) in [6, 6.07) is 0.958. The lowest BCUT2D eigenvalue weighted by Crippen LogP contribution is -2.31. The predicted molar refractivity (Wildman–Crippen MR) is 65.2 cm³/mol. The van der Waals surface area contributed by atoms with Crippen LogP contribution in [0.1, 0.15) is 0 Å². The van der Waals surface area contributed by atoms with E-state index in [2.05, 4.69) is 4.98 Å². The highest BCUT2D eigenvalue weighted by molar-refractivity contribution is 7.90. The van der Waals surface area contributed by atoms with E-state index in [0.29, 0.717) is 0 Å². The van der Waals surface area contributed by atoms with Crippen LogP contribution in [0, 0.1) is 0 Å². The molecule has 8 nitrogen and oxygen atoms in total. The Morgan fingerprint density at radius 1 is 1.33 bits per heavy atom. The second kappa shape index (κ2) is 5.36. The average molecular weight is 316 g/mol. The minimum Gasteiger partial charge on any atom is -0.326 e. The first kappa shape index (κ1) is 15.1. The molecule has 11 heteroatoms. The molecular weight excluding hydrogens is 306 g/mol. The maximum Gasteiger partial charge on any atom is 0.266 e. The molecule has 0 radical (unpaired) electrons. The summed E-state index contributed by atoms with van der Waals surface area (Å²) in [6.45, 7) is -0.377. The van der Waals surface area contributed by atoms with E-state index in [1.807, 2.05) is 4.72 Å². The van der Waals surface area contributed by atoms with Crippen LogP contribution in [0.5, 0.6) is 0 Å². The number of H-pyrrole nitrogens is 1. The first-order valence-corrected chi connectivity index (χ1v) is 8.08.